The second-order valence-corrected chi connectivity index (χ2v) is 9.94. The Balaban J connectivity index is 4.65. The quantitative estimate of drug-likeness (QED) is 0.534. The maximum absolute atomic E-state index is 12.3. The molecule has 2 atom stereocenters. The van der Waals surface area contributed by atoms with E-state index in [-0.39, 0.29) is 11.0 Å². The van der Waals surface area contributed by atoms with Gasteiger partial charge >= 0.3 is 0 Å². The third-order valence-corrected chi connectivity index (χ3v) is 5.15. The van der Waals surface area contributed by atoms with Crippen molar-refractivity contribution in [3.8, 4) is 0 Å². The summed E-state index contributed by atoms with van der Waals surface area (Å²) >= 11 is 0. The zero-order valence-electron chi connectivity index (χ0n) is 14.0. The molecular formula is C16H33NOS. The summed E-state index contributed by atoms with van der Waals surface area (Å²) in [6.45, 7) is 17.8. The van der Waals surface area contributed by atoms with Crippen molar-refractivity contribution in [2.45, 2.75) is 59.9 Å². The molecule has 0 rings (SSSR count). The van der Waals surface area contributed by atoms with Gasteiger partial charge in [0.15, 0.2) is 0 Å². The van der Waals surface area contributed by atoms with Crippen LogP contribution in [0.1, 0.15) is 54.4 Å². The molecule has 0 aliphatic rings. The van der Waals surface area contributed by atoms with E-state index in [0.29, 0.717) is 5.92 Å². The van der Waals surface area contributed by atoms with Gasteiger partial charge in [-0.1, -0.05) is 26.8 Å². The molecule has 0 fully saturated rings. The Morgan fingerprint density at radius 1 is 1.21 bits per heavy atom. The predicted octanol–water partition coefficient (Wildman–Crippen LogP) is 3.98. The Bertz CT molecular complexity index is 382. The van der Waals surface area contributed by atoms with Crippen LogP contribution in [0.4, 0.5) is 0 Å². The third-order valence-electron chi connectivity index (χ3n) is 3.49. The van der Waals surface area contributed by atoms with Crippen LogP contribution >= 0.6 is 0 Å². The smallest absolute Gasteiger partial charge is 0.0250 e. The van der Waals surface area contributed by atoms with Crippen molar-refractivity contribution >= 4 is 15.6 Å². The second-order valence-electron chi connectivity index (χ2n) is 7.58. The molecule has 0 aromatic carbocycles. The van der Waals surface area contributed by atoms with Gasteiger partial charge in [-0.3, -0.25) is 4.21 Å². The average molecular weight is 288 g/mol. The molecule has 114 valence electrons. The summed E-state index contributed by atoms with van der Waals surface area (Å²) in [4.78, 5) is 0. The lowest BCUT2D eigenvalue weighted by atomic mass is 9.78. The molecule has 0 aromatic heterocycles. The van der Waals surface area contributed by atoms with Crippen molar-refractivity contribution in [2.24, 2.45) is 11.3 Å². The van der Waals surface area contributed by atoms with E-state index in [1.54, 1.807) is 6.26 Å². The van der Waals surface area contributed by atoms with E-state index in [1.165, 1.54) is 0 Å². The summed E-state index contributed by atoms with van der Waals surface area (Å²) < 4.78 is 14.3. The van der Waals surface area contributed by atoms with Gasteiger partial charge in [0.05, 0.1) is 0 Å². The first-order chi connectivity index (χ1) is 8.30. The minimum atomic E-state index is -2.16. The van der Waals surface area contributed by atoms with Crippen molar-refractivity contribution in [3.63, 3.8) is 0 Å². The lowest BCUT2D eigenvalue weighted by Gasteiger charge is -2.37. The SMILES string of the molecule is C=CC(CCCN(C(C)(C)C)S(=C)(C)=O)C(C)(C)C. The van der Waals surface area contributed by atoms with Crippen molar-refractivity contribution in [1.82, 2.24) is 4.31 Å². The summed E-state index contributed by atoms with van der Waals surface area (Å²) in [5, 5.41) is 0. The van der Waals surface area contributed by atoms with Crippen molar-refractivity contribution in [2.75, 3.05) is 12.8 Å². The van der Waals surface area contributed by atoms with Gasteiger partial charge in [0, 0.05) is 28.0 Å². The van der Waals surface area contributed by atoms with Crippen molar-refractivity contribution in [1.29, 1.82) is 0 Å². The molecular weight excluding hydrogens is 254 g/mol. The van der Waals surface area contributed by atoms with E-state index >= 15 is 0 Å². The van der Waals surface area contributed by atoms with Crippen molar-refractivity contribution < 1.29 is 4.21 Å². The summed E-state index contributed by atoms with van der Waals surface area (Å²) in [5.74, 6) is 4.33. The fourth-order valence-corrected chi connectivity index (χ4v) is 4.14. The molecule has 0 bridgehead atoms. The van der Waals surface area contributed by atoms with Gasteiger partial charge in [-0.15, -0.1) is 6.58 Å². The first kappa shape index (κ1) is 18.7. The molecule has 0 saturated heterocycles. The molecule has 0 aliphatic heterocycles. The topological polar surface area (TPSA) is 20.3 Å². The average Bonchev–Trinajstić information content (AvgIpc) is 2.11. The Morgan fingerprint density at radius 2 is 1.68 bits per heavy atom. The molecule has 0 radical (unpaired) electrons. The predicted molar refractivity (Wildman–Crippen MR) is 90.0 cm³/mol. The van der Waals surface area contributed by atoms with Crippen molar-refractivity contribution in [3.05, 3.63) is 12.7 Å². The molecule has 0 amide bonds. The highest BCUT2D eigenvalue weighted by molar-refractivity contribution is 7.97. The number of allylic oxidation sites excluding steroid dienone is 1. The van der Waals surface area contributed by atoms with Crippen LogP contribution in [0.2, 0.25) is 0 Å². The second kappa shape index (κ2) is 6.45. The highest BCUT2D eigenvalue weighted by atomic mass is 32.2. The van der Waals surface area contributed by atoms with Gasteiger partial charge in [-0.25, -0.2) is 4.31 Å². The van der Waals surface area contributed by atoms with Gasteiger partial charge in [-0.2, -0.15) is 0 Å². The van der Waals surface area contributed by atoms with Crippen LogP contribution in [-0.4, -0.2) is 32.7 Å². The van der Waals surface area contributed by atoms with Gasteiger partial charge in [-0.05, 0) is 50.8 Å². The zero-order valence-corrected chi connectivity index (χ0v) is 14.8. The van der Waals surface area contributed by atoms with Gasteiger partial charge in [0.1, 0.15) is 0 Å². The normalized spacial score (nSPS) is 18.1. The molecule has 0 aliphatic carbocycles. The maximum Gasteiger partial charge on any atom is 0.0250 e. The van der Waals surface area contributed by atoms with E-state index < -0.39 is 9.71 Å². The number of hydrogen-bond donors (Lipinski definition) is 0. The highest BCUT2D eigenvalue weighted by Crippen LogP contribution is 2.31. The lowest BCUT2D eigenvalue weighted by Crippen LogP contribution is -2.45. The van der Waals surface area contributed by atoms with Gasteiger partial charge < -0.3 is 0 Å². The molecule has 2 unspecified atom stereocenters. The van der Waals surface area contributed by atoms with Gasteiger partial charge in [0.2, 0.25) is 0 Å². The summed E-state index contributed by atoms with van der Waals surface area (Å²) in [6.07, 6.45) is 5.88. The Labute approximate surface area is 121 Å². The first-order valence-corrected chi connectivity index (χ1v) is 9.12. The summed E-state index contributed by atoms with van der Waals surface area (Å²) in [7, 11) is -2.16. The summed E-state index contributed by atoms with van der Waals surface area (Å²) in [5.41, 5.74) is 0.130. The molecule has 0 N–H and O–H groups in total. The molecule has 0 spiro atoms. The Hall–Kier alpha value is -0.280. The molecule has 0 heterocycles. The van der Waals surface area contributed by atoms with E-state index in [1.807, 2.05) is 4.31 Å². The van der Waals surface area contributed by atoms with E-state index in [0.717, 1.165) is 19.4 Å². The van der Waals surface area contributed by atoms with Crippen LogP contribution in [0, 0.1) is 11.3 Å². The van der Waals surface area contributed by atoms with E-state index in [4.69, 9.17) is 0 Å². The van der Waals surface area contributed by atoms with Crippen LogP contribution in [-0.2, 0) is 9.71 Å². The van der Waals surface area contributed by atoms with Crippen LogP contribution < -0.4 is 0 Å². The maximum atomic E-state index is 12.3. The highest BCUT2D eigenvalue weighted by Gasteiger charge is 2.27. The standard InChI is InChI=1S/C16H33NOS/c1-10-14(15(2,3)4)12-11-13-17(16(5,6)7)19(8,9)18/h10,14H,1,8,11-13H2,2-7,9H3. The number of nitrogens with zero attached hydrogens (tertiary/aromatic N) is 1. The molecule has 0 saturated carbocycles. The van der Waals surface area contributed by atoms with Crippen LogP contribution in [0.5, 0.6) is 0 Å². The monoisotopic (exact) mass is 287 g/mol. The molecule has 3 heteroatoms. The van der Waals surface area contributed by atoms with Crippen LogP contribution in [0.15, 0.2) is 12.7 Å². The van der Waals surface area contributed by atoms with Crippen LogP contribution in [0.25, 0.3) is 0 Å². The fourth-order valence-electron chi connectivity index (χ4n) is 2.47. The molecule has 0 aromatic rings. The largest absolute Gasteiger partial charge is 0.253 e. The van der Waals surface area contributed by atoms with E-state index in [2.05, 4.69) is 60.1 Å². The Kier molecular flexibility index (Phi) is 6.35. The number of rotatable bonds is 6. The minimum absolute atomic E-state index is 0.112. The minimum Gasteiger partial charge on any atom is -0.253 e. The zero-order chi connectivity index (χ0) is 15.5. The van der Waals surface area contributed by atoms with E-state index in [9.17, 15) is 4.21 Å². The lowest BCUT2D eigenvalue weighted by molar-refractivity contribution is 0.231. The number of hydrogen-bond acceptors (Lipinski definition) is 1. The molecule has 19 heavy (non-hydrogen) atoms. The first-order valence-electron chi connectivity index (χ1n) is 7.02. The van der Waals surface area contributed by atoms with Crippen LogP contribution in [0.3, 0.4) is 0 Å². The van der Waals surface area contributed by atoms with Gasteiger partial charge in [0.25, 0.3) is 0 Å². The third kappa shape index (κ3) is 6.62. The molecule has 2 nitrogen and oxygen atoms in total. The Morgan fingerprint density at radius 3 is 1.95 bits per heavy atom. The fraction of sp³-hybridized carbons (Fsp3) is 0.812. The summed E-state index contributed by atoms with van der Waals surface area (Å²) in [6, 6.07) is 0.